The Hall–Kier alpha value is -2.61. The zero-order valence-electron chi connectivity index (χ0n) is 15.1. The minimum atomic E-state index is -1.41. The number of carbonyl (C=O) groups is 3. The molecule has 0 aliphatic carbocycles. The minimum Gasteiger partial charge on any atom is -0.480 e. The largest absolute Gasteiger partial charge is 0.480 e. The number of hydrogen-bond donors (Lipinski definition) is 3. The summed E-state index contributed by atoms with van der Waals surface area (Å²) in [5.41, 5.74) is 4.96. The summed E-state index contributed by atoms with van der Waals surface area (Å²) in [5.74, 6) is -1.88. The molecule has 0 fully saturated rings. The summed E-state index contributed by atoms with van der Waals surface area (Å²) in [4.78, 5) is 36.2. The molecular formula is C18H26N2O6. The fraction of sp³-hybridized carbons (Fsp3) is 0.500. The molecule has 0 heterocycles. The van der Waals surface area contributed by atoms with E-state index in [0.29, 0.717) is 6.42 Å². The van der Waals surface area contributed by atoms with Crippen LogP contribution in [0.1, 0.15) is 38.7 Å². The quantitative estimate of drug-likeness (QED) is 0.540. The number of hydrogen-bond acceptors (Lipinski definition) is 5. The number of ether oxygens (including phenoxy) is 1. The molecule has 0 bridgehead atoms. The number of carboxylic acids is 1. The number of nitrogens with two attached hydrogens (primary N) is 1. The first-order valence-electron chi connectivity index (χ1n) is 8.33. The van der Waals surface area contributed by atoms with Gasteiger partial charge in [0, 0.05) is 0 Å². The number of aliphatic carboxylic acids is 1. The third kappa shape index (κ3) is 6.36. The van der Waals surface area contributed by atoms with Gasteiger partial charge in [0.2, 0.25) is 0 Å². The molecule has 26 heavy (non-hydrogen) atoms. The molecular weight excluding hydrogens is 340 g/mol. The maximum absolute atomic E-state index is 12.2. The molecule has 0 aliphatic heterocycles. The van der Waals surface area contributed by atoms with E-state index in [4.69, 9.17) is 10.5 Å². The Balaban J connectivity index is 2.82. The number of benzene rings is 1. The van der Waals surface area contributed by atoms with Gasteiger partial charge >= 0.3 is 18.0 Å². The zero-order valence-corrected chi connectivity index (χ0v) is 15.1. The molecule has 1 rings (SSSR count). The number of carbonyl (C=O) groups excluding carboxylic acids is 1. The van der Waals surface area contributed by atoms with Crippen molar-refractivity contribution >= 4 is 18.0 Å². The highest BCUT2D eigenvalue weighted by molar-refractivity contribution is 5.81. The van der Waals surface area contributed by atoms with Crippen LogP contribution in [0.15, 0.2) is 30.3 Å². The fourth-order valence-corrected chi connectivity index (χ4v) is 2.72. The molecule has 8 heteroatoms. The van der Waals surface area contributed by atoms with E-state index in [2.05, 4.69) is 0 Å². The Labute approximate surface area is 152 Å². The van der Waals surface area contributed by atoms with Crippen LogP contribution in [-0.2, 0) is 20.9 Å². The Morgan fingerprint density at radius 1 is 1.19 bits per heavy atom. The van der Waals surface area contributed by atoms with Crippen LogP contribution >= 0.6 is 0 Å². The van der Waals surface area contributed by atoms with Crippen LogP contribution < -0.4 is 5.73 Å². The molecule has 1 amide bonds. The van der Waals surface area contributed by atoms with Crippen LogP contribution in [0.3, 0.4) is 0 Å². The Bertz CT molecular complexity index is 617. The summed E-state index contributed by atoms with van der Waals surface area (Å²) in [5, 5.41) is 18.9. The predicted molar refractivity (Wildman–Crippen MR) is 94.5 cm³/mol. The first-order chi connectivity index (χ1) is 12.2. The van der Waals surface area contributed by atoms with Gasteiger partial charge in [-0.05, 0) is 38.8 Å². The second-order valence-corrected chi connectivity index (χ2v) is 6.57. The molecule has 8 nitrogen and oxygen atoms in total. The highest BCUT2D eigenvalue weighted by Crippen LogP contribution is 2.25. The molecule has 1 atom stereocenters. The van der Waals surface area contributed by atoms with Gasteiger partial charge in [-0.25, -0.2) is 9.59 Å². The molecule has 0 spiro atoms. The summed E-state index contributed by atoms with van der Waals surface area (Å²) in [6.07, 6.45) is -1.25. The highest BCUT2D eigenvalue weighted by atomic mass is 16.5. The van der Waals surface area contributed by atoms with Crippen molar-refractivity contribution in [3.8, 4) is 0 Å². The summed E-state index contributed by atoms with van der Waals surface area (Å²) in [6.45, 7) is 3.32. The van der Waals surface area contributed by atoms with Crippen molar-refractivity contribution in [3.63, 3.8) is 0 Å². The van der Waals surface area contributed by atoms with Crippen LogP contribution in [0, 0.1) is 0 Å². The second kappa shape index (κ2) is 9.76. The predicted octanol–water partition coefficient (Wildman–Crippen LogP) is 2.07. The Morgan fingerprint density at radius 3 is 2.31 bits per heavy atom. The third-order valence-electron chi connectivity index (χ3n) is 3.96. The van der Waals surface area contributed by atoms with Crippen LogP contribution in [-0.4, -0.2) is 51.3 Å². The molecule has 0 aliphatic rings. The van der Waals surface area contributed by atoms with Gasteiger partial charge in [-0.1, -0.05) is 30.3 Å². The second-order valence-electron chi connectivity index (χ2n) is 6.57. The lowest BCUT2D eigenvalue weighted by molar-refractivity contribution is -0.152. The maximum atomic E-state index is 12.2. The summed E-state index contributed by atoms with van der Waals surface area (Å²) in [6, 6.07) is 7.78. The van der Waals surface area contributed by atoms with E-state index < -0.39 is 29.6 Å². The maximum Gasteiger partial charge on any atom is 0.408 e. The molecule has 144 valence electrons. The van der Waals surface area contributed by atoms with Crippen molar-refractivity contribution in [2.45, 2.75) is 51.3 Å². The van der Waals surface area contributed by atoms with Crippen molar-refractivity contribution < 1.29 is 29.3 Å². The average molecular weight is 366 g/mol. The molecule has 1 aromatic carbocycles. The van der Waals surface area contributed by atoms with Gasteiger partial charge in [0.25, 0.3) is 0 Å². The zero-order chi connectivity index (χ0) is 19.7. The molecule has 1 aromatic rings. The first-order valence-corrected chi connectivity index (χ1v) is 8.33. The smallest absolute Gasteiger partial charge is 0.408 e. The van der Waals surface area contributed by atoms with Crippen LogP contribution in [0.25, 0.3) is 0 Å². The van der Waals surface area contributed by atoms with E-state index in [1.807, 2.05) is 18.2 Å². The summed E-state index contributed by atoms with van der Waals surface area (Å²) >= 11 is 0. The number of carboxylic acid groups (broad SMARTS) is 2. The van der Waals surface area contributed by atoms with Crippen molar-refractivity contribution in [2.24, 2.45) is 5.73 Å². The molecule has 0 aromatic heterocycles. The van der Waals surface area contributed by atoms with Gasteiger partial charge in [0.1, 0.15) is 12.6 Å². The minimum absolute atomic E-state index is 0.0678. The number of esters is 1. The fourth-order valence-electron chi connectivity index (χ4n) is 2.72. The van der Waals surface area contributed by atoms with Gasteiger partial charge in [-0.15, -0.1) is 0 Å². The van der Waals surface area contributed by atoms with Crippen LogP contribution in [0.2, 0.25) is 0 Å². The lowest BCUT2D eigenvalue weighted by atomic mass is 9.94. The normalized spacial score (nSPS) is 12.3. The van der Waals surface area contributed by atoms with Crippen molar-refractivity contribution in [1.82, 2.24) is 4.90 Å². The van der Waals surface area contributed by atoms with Gasteiger partial charge in [-0.3, -0.25) is 9.69 Å². The lowest BCUT2D eigenvalue weighted by Crippen LogP contribution is -2.56. The van der Waals surface area contributed by atoms with Crippen LogP contribution in [0.5, 0.6) is 0 Å². The van der Waals surface area contributed by atoms with Crippen molar-refractivity contribution in [2.75, 3.05) is 6.54 Å². The molecule has 4 N–H and O–H groups in total. The standard InChI is InChI=1S/C18H26N2O6/c1-18(2,11-15(21)26-12-13-7-4-3-5-8-13)20(17(24)25)14(16(22)23)9-6-10-19/h3-5,7-8,14H,6,9-12,19H2,1-2H3,(H,22,23)(H,24,25)/t14-/m1/s1. The van der Waals surface area contributed by atoms with E-state index in [1.165, 1.54) is 13.8 Å². The van der Waals surface area contributed by atoms with E-state index in [9.17, 15) is 24.6 Å². The molecule has 0 unspecified atom stereocenters. The summed E-state index contributed by atoms with van der Waals surface area (Å²) in [7, 11) is 0. The number of nitrogens with zero attached hydrogens (tertiary/aromatic N) is 1. The number of amides is 1. The third-order valence-corrected chi connectivity index (χ3v) is 3.96. The van der Waals surface area contributed by atoms with E-state index in [1.54, 1.807) is 12.1 Å². The van der Waals surface area contributed by atoms with E-state index >= 15 is 0 Å². The molecule has 0 saturated heterocycles. The Kier molecular flexibility index (Phi) is 8.05. The average Bonchev–Trinajstić information content (AvgIpc) is 2.56. The van der Waals surface area contributed by atoms with Crippen LogP contribution in [0.4, 0.5) is 4.79 Å². The van der Waals surface area contributed by atoms with E-state index in [0.717, 1.165) is 10.5 Å². The topological polar surface area (TPSA) is 130 Å². The van der Waals surface area contributed by atoms with Crippen molar-refractivity contribution in [3.05, 3.63) is 35.9 Å². The van der Waals surface area contributed by atoms with Crippen molar-refractivity contribution in [1.29, 1.82) is 0 Å². The SMILES string of the molecule is CC(C)(CC(=O)OCc1ccccc1)N(C(=O)O)[C@H](CCCN)C(=O)O. The van der Waals surface area contributed by atoms with Gasteiger partial charge in [0.05, 0.1) is 12.0 Å². The first kappa shape index (κ1) is 21.4. The van der Waals surface area contributed by atoms with E-state index in [-0.39, 0.29) is 26.0 Å². The molecule has 0 saturated carbocycles. The number of rotatable bonds is 10. The summed E-state index contributed by atoms with van der Waals surface area (Å²) < 4.78 is 5.19. The highest BCUT2D eigenvalue weighted by Gasteiger charge is 2.41. The monoisotopic (exact) mass is 366 g/mol. The van der Waals surface area contributed by atoms with Gasteiger partial charge in [0.15, 0.2) is 0 Å². The lowest BCUT2D eigenvalue weighted by Gasteiger charge is -2.39. The molecule has 0 radical (unpaired) electrons. The Morgan fingerprint density at radius 2 is 1.81 bits per heavy atom. The van der Waals surface area contributed by atoms with Gasteiger partial charge in [-0.2, -0.15) is 0 Å². The van der Waals surface area contributed by atoms with Gasteiger partial charge < -0.3 is 20.7 Å².